The number of aromatic nitrogens is 2. The summed E-state index contributed by atoms with van der Waals surface area (Å²) in [6.07, 6.45) is 1.16. The zero-order valence-electron chi connectivity index (χ0n) is 10.8. The molecule has 0 aliphatic rings. The van der Waals surface area contributed by atoms with E-state index in [0.29, 0.717) is 10.2 Å². The van der Waals surface area contributed by atoms with Crippen molar-refractivity contribution >= 4 is 10.3 Å². The summed E-state index contributed by atoms with van der Waals surface area (Å²) in [4.78, 5) is 0. The molecule has 0 fully saturated rings. The maximum Gasteiger partial charge on any atom is 0.379 e. The molecule has 22 heavy (non-hydrogen) atoms. The van der Waals surface area contributed by atoms with Crippen LogP contribution in [0.25, 0.3) is 22.8 Å². The first kappa shape index (κ1) is 14.4. The lowest BCUT2D eigenvalue weighted by atomic mass is 10.1. The van der Waals surface area contributed by atoms with E-state index in [4.69, 9.17) is 8.97 Å². The molecule has 0 bridgehead atoms. The van der Waals surface area contributed by atoms with Crippen molar-refractivity contribution < 1.29 is 26.2 Å². The number of hydrogen-bond acceptors (Lipinski definition) is 4. The molecule has 0 unspecified atom stereocenters. The summed E-state index contributed by atoms with van der Waals surface area (Å²) >= 11 is 0. The van der Waals surface area contributed by atoms with Gasteiger partial charge in [-0.1, -0.05) is 0 Å². The Balaban J connectivity index is 2.07. The van der Waals surface area contributed by atoms with Crippen LogP contribution in [0.2, 0.25) is 0 Å². The molecule has 0 saturated heterocycles. The lowest BCUT2D eigenvalue weighted by Gasteiger charge is -2.02. The number of nitrogens with zero attached hydrogens (tertiary/aromatic N) is 2. The van der Waals surface area contributed by atoms with Crippen LogP contribution >= 0.6 is 0 Å². The first-order chi connectivity index (χ1) is 10.4. The van der Waals surface area contributed by atoms with Gasteiger partial charge in [-0.2, -0.15) is 13.5 Å². The first-order valence-corrected chi connectivity index (χ1v) is 7.33. The number of furan rings is 1. The summed E-state index contributed by atoms with van der Waals surface area (Å²) in [6, 6.07) is 7.07. The minimum Gasteiger partial charge on any atom is -0.454 e. The van der Waals surface area contributed by atoms with Crippen LogP contribution in [-0.4, -0.2) is 22.2 Å². The number of rotatable bonds is 3. The molecule has 3 rings (SSSR count). The van der Waals surface area contributed by atoms with Gasteiger partial charge < -0.3 is 4.42 Å². The van der Waals surface area contributed by atoms with Crippen LogP contribution in [0.15, 0.2) is 47.0 Å². The van der Waals surface area contributed by atoms with E-state index in [1.165, 1.54) is 24.3 Å². The standard InChI is InChI=1S/C13H8F2N2O4S/c14-8-1-2-9(10(15)7-8)12-3-4-13(21-12)11-5-6-16-17(11)22(18,19)20/h1-7H,(H,18,19,20). The smallest absolute Gasteiger partial charge is 0.379 e. The van der Waals surface area contributed by atoms with Crippen LogP contribution in [0.3, 0.4) is 0 Å². The normalized spacial score (nSPS) is 11.8. The Hall–Kier alpha value is -2.52. The maximum absolute atomic E-state index is 13.7. The zero-order chi connectivity index (χ0) is 15.9. The summed E-state index contributed by atoms with van der Waals surface area (Å²) < 4.78 is 63.7. The summed E-state index contributed by atoms with van der Waals surface area (Å²) in [6.45, 7) is 0. The molecule has 3 aromatic rings. The lowest BCUT2D eigenvalue weighted by molar-refractivity contribution is 0.465. The molecular weight excluding hydrogens is 318 g/mol. The van der Waals surface area contributed by atoms with Crippen molar-refractivity contribution in [3.05, 3.63) is 54.2 Å². The Morgan fingerprint density at radius 1 is 1.09 bits per heavy atom. The van der Waals surface area contributed by atoms with Crippen LogP contribution in [0.4, 0.5) is 8.78 Å². The van der Waals surface area contributed by atoms with E-state index in [0.717, 1.165) is 12.3 Å². The molecule has 6 nitrogen and oxygen atoms in total. The second-order valence-corrected chi connectivity index (χ2v) is 5.57. The zero-order valence-corrected chi connectivity index (χ0v) is 11.6. The fraction of sp³-hybridized carbons (Fsp3) is 0. The monoisotopic (exact) mass is 326 g/mol. The second-order valence-electron chi connectivity index (χ2n) is 4.33. The van der Waals surface area contributed by atoms with Crippen molar-refractivity contribution in [2.75, 3.05) is 0 Å². The summed E-state index contributed by atoms with van der Waals surface area (Å²) in [5.74, 6) is -1.41. The molecule has 0 aliphatic carbocycles. The molecule has 0 saturated carbocycles. The van der Waals surface area contributed by atoms with Crippen LogP contribution in [-0.2, 0) is 10.3 Å². The summed E-state index contributed by atoms with van der Waals surface area (Å²) in [7, 11) is -4.59. The Kier molecular flexibility index (Phi) is 3.30. The highest BCUT2D eigenvalue weighted by Crippen LogP contribution is 2.30. The molecule has 0 amide bonds. The molecule has 0 aliphatic heterocycles. The lowest BCUT2D eigenvalue weighted by Crippen LogP contribution is -2.13. The first-order valence-electron chi connectivity index (χ1n) is 5.94. The minimum atomic E-state index is -4.59. The van der Waals surface area contributed by atoms with Crippen LogP contribution in [0, 0.1) is 11.6 Å². The molecule has 1 aromatic carbocycles. The van der Waals surface area contributed by atoms with Gasteiger partial charge in [-0.25, -0.2) is 8.78 Å². The van der Waals surface area contributed by atoms with Gasteiger partial charge in [-0.15, -0.1) is 4.09 Å². The highest BCUT2D eigenvalue weighted by molar-refractivity contribution is 7.84. The van der Waals surface area contributed by atoms with Gasteiger partial charge in [0.15, 0.2) is 5.76 Å². The molecular formula is C13H8F2N2O4S. The van der Waals surface area contributed by atoms with Gasteiger partial charge in [0.05, 0.1) is 11.8 Å². The Morgan fingerprint density at radius 3 is 2.50 bits per heavy atom. The van der Waals surface area contributed by atoms with Gasteiger partial charge in [0.2, 0.25) is 0 Å². The molecule has 2 heterocycles. The van der Waals surface area contributed by atoms with Crippen LogP contribution in [0.5, 0.6) is 0 Å². The van der Waals surface area contributed by atoms with E-state index in [9.17, 15) is 17.2 Å². The van der Waals surface area contributed by atoms with Crippen LogP contribution in [0.1, 0.15) is 0 Å². The van der Waals surface area contributed by atoms with E-state index in [2.05, 4.69) is 5.10 Å². The van der Waals surface area contributed by atoms with E-state index < -0.39 is 21.9 Å². The van der Waals surface area contributed by atoms with Crippen LogP contribution < -0.4 is 0 Å². The van der Waals surface area contributed by atoms with Gasteiger partial charge in [0.25, 0.3) is 0 Å². The van der Waals surface area contributed by atoms with Crippen molar-refractivity contribution in [2.24, 2.45) is 0 Å². The quantitative estimate of drug-likeness (QED) is 0.748. The van der Waals surface area contributed by atoms with E-state index in [1.807, 2.05) is 0 Å². The molecule has 9 heteroatoms. The highest BCUT2D eigenvalue weighted by atomic mass is 32.2. The minimum absolute atomic E-state index is 0.0190. The van der Waals surface area contributed by atoms with E-state index >= 15 is 0 Å². The number of benzene rings is 1. The third kappa shape index (κ3) is 2.51. The predicted molar refractivity (Wildman–Crippen MR) is 72.2 cm³/mol. The SMILES string of the molecule is O=S(=O)(O)n1nccc1-c1ccc(-c2ccc(F)cc2F)o1. The molecule has 0 atom stereocenters. The molecule has 0 spiro atoms. The van der Waals surface area contributed by atoms with Gasteiger partial charge in [0, 0.05) is 6.07 Å². The van der Waals surface area contributed by atoms with Gasteiger partial charge in [0.1, 0.15) is 23.1 Å². The van der Waals surface area contributed by atoms with Gasteiger partial charge in [-0.3, -0.25) is 4.55 Å². The van der Waals surface area contributed by atoms with Gasteiger partial charge >= 0.3 is 10.3 Å². The van der Waals surface area contributed by atoms with Crippen molar-refractivity contribution in [2.45, 2.75) is 0 Å². The van der Waals surface area contributed by atoms with E-state index in [1.54, 1.807) is 0 Å². The largest absolute Gasteiger partial charge is 0.454 e. The number of hydrogen-bond donors (Lipinski definition) is 1. The Labute approximate surface area is 123 Å². The number of halogens is 2. The van der Waals surface area contributed by atoms with Crippen molar-refractivity contribution in [1.82, 2.24) is 9.19 Å². The third-order valence-corrected chi connectivity index (χ3v) is 3.61. The highest BCUT2D eigenvalue weighted by Gasteiger charge is 2.19. The Morgan fingerprint density at radius 2 is 1.82 bits per heavy atom. The topological polar surface area (TPSA) is 85.3 Å². The molecule has 2 aromatic heterocycles. The third-order valence-electron chi connectivity index (χ3n) is 2.88. The molecule has 1 N–H and O–H groups in total. The Bertz CT molecular complexity index is 947. The average molecular weight is 326 g/mol. The molecule has 0 radical (unpaired) electrons. The fourth-order valence-corrected chi connectivity index (χ4v) is 2.53. The van der Waals surface area contributed by atoms with Crippen molar-refractivity contribution in [3.8, 4) is 22.8 Å². The van der Waals surface area contributed by atoms with Crippen molar-refractivity contribution in [1.29, 1.82) is 0 Å². The van der Waals surface area contributed by atoms with Gasteiger partial charge in [-0.05, 0) is 30.3 Å². The van der Waals surface area contributed by atoms with E-state index in [-0.39, 0.29) is 22.8 Å². The second kappa shape index (κ2) is 5.04. The fourth-order valence-electron chi connectivity index (χ4n) is 1.96. The predicted octanol–water partition coefficient (Wildman–Crippen LogP) is 2.74. The average Bonchev–Trinajstić information content (AvgIpc) is 3.06. The molecule has 114 valence electrons. The summed E-state index contributed by atoms with van der Waals surface area (Å²) in [5, 5.41) is 3.47. The summed E-state index contributed by atoms with van der Waals surface area (Å²) in [5.41, 5.74) is -0.0122. The van der Waals surface area contributed by atoms with Crippen molar-refractivity contribution in [3.63, 3.8) is 0 Å². The maximum atomic E-state index is 13.7.